The van der Waals surface area contributed by atoms with Crippen molar-refractivity contribution in [2.24, 2.45) is 0 Å². The molecule has 228 valence electrons. The smallest absolute Gasteiger partial charge is 0.256 e. The van der Waals surface area contributed by atoms with E-state index in [-0.39, 0.29) is 17.4 Å². The predicted molar refractivity (Wildman–Crippen MR) is 166 cm³/mol. The van der Waals surface area contributed by atoms with Gasteiger partial charge in [0.05, 0.1) is 32.6 Å². The summed E-state index contributed by atoms with van der Waals surface area (Å²) in [5.74, 6) is 1.74. The van der Waals surface area contributed by atoms with Crippen LogP contribution >= 0.6 is 11.6 Å². The van der Waals surface area contributed by atoms with Crippen LogP contribution in [0.25, 0.3) is 0 Å². The average molecular weight is 625 g/mol. The van der Waals surface area contributed by atoms with E-state index >= 15 is 0 Å². The largest absolute Gasteiger partial charge is 0.493 e. The molecule has 2 saturated heterocycles. The molecule has 3 aliphatic heterocycles. The van der Waals surface area contributed by atoms with Crippen LogP contribution in [0.15, 0.2) is 60.7 Å². The Bertz CT molecular complexity index is 1500. The number of hydrogen-bond donors (Lipinski definition) is 0. The van der Waals surface area contributed by atoms with Crippen LogP contribution < -0.4 is 14.2 Å². The number of ether oxygens (including phenoxy) is 4. The van der Waals surface area contributed by atoms with Crippen LogP contribution in [-0.2, 0) is 31.6 Å². The molecule has 0 radical (unpaired) electrons. The minimum Gasteiger partial charge on any atom is -0.493 e. The highest BCUT2D eigenvalue weighted by Crippen LogP contribution is 2.47. The van der Waals surface area contributed by atoms with Gasteiger partial charge in [0.25, 0.3) is 5.91 Å². The van der Waals surface area contributed by atoms with E-state index in [0.717, 1.165) is 38.0 Å². The normalized spacial score (nSPS) is 22.9. The first kappa shape index (κ1) is 29.9. The van der Waals surface area contributed by atoms with E-state index in [9.17, 15) is 9.00 Å². The van der Waals surface area contributed by atoms with Gasteiger partial charge in [0.2, 0.25) is 5.75 Å². The standard InChI is InChI=1S/C33H37ClN2O6S/c1-39-28-18-24(19-29(40-2)30(28)41-3)31(37)36-21-32(42-22-36,25-8-10-26(34)11-9-25)12-15-35-16-13-33(14-17-35)27-7-5-4-6-23(27)20-43(33)38/h4-11,18-19H,12-17,20-22H2,1-3H3/t32-,43?/m0/s1. The first-order valence-electron chi connectivity index (χ1n) is 14.5. The van der Waals surface area contributed by atoms with E-state index < -0.39 is 16.4 Å². The van der Waals surface area contributed by atoms with Crippen LogP contribution in [0.5, 0.6) is 17.2 Å². The minimum atomic E-state index is -0.895. The van der Waals surface area contributed by atoms with E-state index in [1.54, 1.807) is 17.0 Å². The molecule has 3 aliphatic rings. The Kier molecular flexibility index (Phi) is 8.43. The van der Waals surface area contributed by atoms with Gasteiger partial charge in [0.1, 0.15) is 12.3 Å². The molecular formula is C33H37ClN2O6S. The Labute approximate surface area is 260 Å². The van der Waals surface area contributed by atoms with Gasteiger partial charge in [0.15, 0.2) is 11.5 Å². The fourth-order valence-corrected chi connectivity index (χ4v) is 8.83. The van der Waals surface area contributed by atoms with E-state index in [1.165, 1.54) is 32.5 Å². The Morgan fingerprint density at radius 3 is 2.30 bits per heavy atom. The number of likely N-dealkylation sites (tertiary alicyclic amines) is 1. The molecule has 0 aromatic heterocycles. The van der Waals surface area contributed by atoms with Crippen molar-refractivity contribution in [3.05, 3.63) is 87.9 Å². The molecule has 1 unspecified atom stereocenters. The summed E-state index contributed by atoms with van der Waals surface area (Å²) >= 11 is 6.24. The number of halogens is 1. The number of piperidine rings is 1. The van der Waals surface area contributed by atoms with Crippen LogP contribution in [0.1, 0.15) is 46.3 Å². The molecule has 3 aromatic rings. The molecule has 6 rings (SSSR count). The molecular weight excluding hydrogens is 588 g/mol. The Hall–Kier alpha value is -3.11. The number of carbonyl (C=O) groups excluding carboxylic acids is 1. The second kappa shape index (κ2) is 12.1. The third kappa shape index (κ3) is 5.41. The van der Waals surface area contributed by atoms with E-state index in [2.05, 4.69) is 23.1 Å². The van der Waals surface area contributed by atoms with Crippen LogP contribution in [-0.4, -0.2) is 74.2 Å². The number of methoxy groups -OCH3 is 3. The van der Waals surface area contributed by atoms with Crippen molar-refractivity contribution in [2.45, 2.75) is 35.4 Å². The first-order valence-corrected chi connectivity index (χ1v) is 16.2. The van der Waals surface area contributed by atoms with Crippen LogP contribution in [0, 0.1) is 0 Å². The van der Waals surface area contributed by atoms with Gasteiger partial charge in [0, 0.05) is 33.7 Å². The second-order valence-electron chi connectivity index (χ2n) is 11.4. The minimum absolute atomic E-state index is 0.150. The Morgan fingerprint density at radius 2 is 1.65 bits per heavy atom. The fourth-order valence-electron chi connectivity index (χ4n) is 6.81. The van der Waals surface area contributed by atoms with Gasteiger partial charge in [-0.2, -0.15) is 0 Å². The Balaban J connectivity index is 1.19. The van der Waals surface area contributed by atoms with Crippen LogP contribution in [0.2, 0.25) is 5.02 Å². The van der Waals surface area contributed by atoms with E-state index in [1.807, 2.05) is 30.3 Å². The summed E-state index contributed by atoms with van der Waals surface area (Å²) in [6.07, 6.45) is 2.44. The Morgan fingerprint density at radius 1 is 0.977 bits per heavy atom. The summed E-state index contributed by atoms with van der Waals surface area (Å²) in [4.78, 5) is 17.9. The molecule has 3 heterocycles. The first-order chi connectivity index (χ1) is 20.8. The molecule has 0 N–H and O–H groups in total. The van der Waals surface area contributed by atoms with Crippen molar-refractivity contribution in [1.82, 2.24) is 9.80 Å². The molecule has 3 aromatic carbocycles. The number of rotatable bonds is 8. The second-order valence-corrected chi connectivity index (χ2v) is 13.6. The zero-order valence-corrected chi connectivity index (χ0v) is 26.3. The van der Waals surface area contributed by atoms with Crippen molar-refractivity contribution in [2.75, 3.05) is 54.2 Å². The molecule has 1 amide bonds. The van der Waals surface area contributed by atoms with Gasteiger partial charge in [-0.05, 0) is 73.3 Å². The lowest BCUT2D eigenvalue weighted by atomic mass is 9.85. The molecule has 1 spiro atoms. The predicted octanol–water partition coefficient (Wildman–Crippen LogP) is 5.33. The summed E-state index contributed by atoms with van der Waals surface area (Å²) in [6, 6.07) is 19.4. The number of fused-ring (bicyclic) bond motifs is 2. The maximum Gasteiger partial charge on any atom is 0.256 e. The molecule has 8 nitrogen and oxygen atoms in total. The van der Waals surface area contributed by atoms with Crippen molar-refractivity contribution in [3.8, 4) is 17.2 Å². The van der Waals surface area contributed by atoms with Crippen molar-refractivity contribution in [1.29, 1.82) is 0 Å². The van der Waals surface area contributed by atoms with Gasteiger partial charge in [-0.15, -0.1) is 0 Å². The van der Waals surface area contributed by atoms with Crippen molar-refractivity contribution >= 4 is 28.3 Å². The SMILES string of the molecule is COc1cc(C(=O)N2CO[C@](CCN3CCC4(CC3)c3ccccc3CS4=O)(c3ccc(Cl)cc3)C2)cc(OC)c1OC. The van der Waals surface area contributed by atoms with Gasteiger partial charge < -0.3 is 28.7 Å². The molecule has 43 heavy (non-hydrogen) atoms. The van der Waals surface area contributed by atoms with Crippen molar-refractivity contribution < 1.29 is 28.0 Å². The van der Waals surface area contributed by atoms with Gasteiger partial charge in [-0.1, -0.05) is 48.0 Å². The topological polar surface area (TPSA) is 77.5 Å². The maximum atomic E-state index is 13.8. The molecule has 0 aliphatic carbocycles. The zero-order chi connectivity index (χ0) is 30.2. The summed E-state index contributed by atoms with van der Waals surface area (Å²) in [6.45, 7) is 3.06. The van der Waals surface area contributed by atoms with Crippen LogP contribution in [0.3, 0.4) is 0 Å². The number of amides is 1. The van der Waals surface area contributed by atoms with E-state index in [0.29, 0.717) is 46.6 Å². The third-order valence-corrected chi connectivity index (χ3v) is 11.6. The zero-order valence-electron chi connectivity index (χ0n) is 24.8. The lowest BCUT2D eigenvalue weighted by molar-refractivity contribution is -0.0129. The number of hydrogen-bond acceptors (Lipinski definition) is 7. The van der Waals surface area contributed by atoms with Crippen LogP contribution in [0.4, 0.5) is 0 Å². The summed E-state index contributed by atoms with van der Waals surface area (Å²) < 4.78 is 35.9. The van der Waals surface area contributed by atoms with Crippen molar-refractivity contribution in [3.63, 3.8) is 0 Å². The van der Waals surface area contributed by atoms with Gasteiger partial charge >= 0.3 is 0 Å². The lowest BCUT2D eigenvalue weighted by Gasteiger charge is -2.40. The summed E-state index contributed by atoms with van der Waals surface area (Å²) in [7, 11) is 3.70. The number of carbonyl (C=O) groups is 1. The molecule has 10 heteroatoms. The molecule has 0 saturated carbocycles. The number of nitrogens with zero attached hydrogens (tertiary/aromatic N) is 2. The maximum absolute atomic E-state index is 13.8. The monoisotopic (exact) mass is 624 g/mol. The highest BCUT2D eigenvalue weighted by molar-refractivity contribution is 7.85. The van der Waals surface area contributed by atoms with Gasteiger partial charge in [-0.25, -0.2) is 0 Å². The average Bonchev–Trinajstić information content (AvgIpc) is 3.59. The summed E-state index contributed by atoms with van der Waals surface area (Å²) in [5.41, 5.74) is 3.21. The molecule has 2 fully saturated rings. The summed E-state index contributed by atoms with van der Waals surface area (Å²) in [5, 5.41) is 0.647. The highest BCUT2D eigenvalue weighted by Gasteiger charge is 2.48. The highest BCUT2D eigenvalue weighted by atomic mass is 35.5. The fraction of sp³-hybridized carbons (Fsp3) is 0.424. The molecule has 2 atom stereocenters. The quantitative estimate of drug-likeness (QED) is 0.335. The third-order valence-electron chi connectivity index (χ3n) is 9.24. The number of benzene rings is 3. The van der Waals surface area contributed by atoms with Gasteiger partial charge in [-0.3, -0.25) is 9.00 Å². The van der Waals surface area contributed by atoms with E-state index in [4.69, 9.17) is 30.5 Å². The lowest BCUT2D eigenvalue weighted by Crippen LogP contribution is -2.45. The molecule has 0 bridgehead atoms.